The summed E-state index contributed by atoms with van der Waals surface area (Å²) in [6, 6.07) is 7.79. The normalized spacial score (nSPS) is 9.69. The summed E-state index contributed by atoms with van der Waals surface area (Å²) in [6.07, 6.45) is 2.24. The van der Waals surface area contributed by atoms with Crippen molar-refractivity contribution in [2.75, 3.05) is 0 Å². The zero-order valence-electron chi connectivity index (χ0n) is 7.42. The van der Waals surface area contributed by atoms with Crippen LogP contribution in [0.15, 0.2) is 24.3 Å². The molecule has 0 aliphatic heterocycles. The Morgan fingerprint density at radius 2 is 2.00 bits per heavy atom. The number of rotatable bonds is 3. The lowest BCUT2D eigenvalue weighted by molar-refractivity contribution is 0.577. The van der Waals surface area contributed by atoms with E-state index in [1.54, 1.807) is 0 Å². The Balaban J connectivity index is 2.64. The van der Waals surface area contributed by atoms with Crippen LogP contribution in [0.4, 0.5) is 0 Å². The van der Waals surface area contributed by atoms with Gasteiger partial charge in [-0.1, -0.05) is 25.5 Å². The number of aryl methyl sites for hydroxylation is 1. The Morgan fingerprint density at radius 1 is 1.38 bits per heavy atom. The average molecular weight is 215 g/mol. The van der Waals surface area contributed by atoms with Gasteiger partial charge in [0.25, 0.3) is 4.51 Å². The molecule has 1 rings (SSSR count). The van der Waals surface area contributed by atoms with Crippen LogP contribution >= 0.6 is 23.8 Å². The molecule has 70 valence electrons. The van der Waals surface area contributed by atoms with Gasteiger partial charge in [0.2, 0.25) is 0 Å². The highest BCUT2D eigenvalue weighted by Crippen LogP contribution is 2.14. The second kappa shape index (κ2) is 5.20. The van der Waals surface area contributed by atoms with Gasteiger partial charge in [0.1, 0.15) is 5.75 Å². The predicted molar refractivity (Wildman–Crippen MR) is 59.5 cm³/mol. The fourth-order valence-corrected chi connectivity index (χ4v) is 1.29. The maximum atomic E-state index is 5.42. The van der Waals surface area contributed by atoms with E-state index in [-0.39, 0.29) is 4.51 Å². The van der Waals surface area contributed by atoms with Crippen LogP contribution in [0.25, 0.3) is 0 Å². The minimum atomic E-state index is 0.0308. The molecule has 13 heavy (non-hydrogen) atoms. The summed E-state index contributed by atoms with van der Waals surface area (Å²) in [5.41, 5.74) is 1.30. The molecule has 3 heteroatoms. The molecule has 1 aromatic rings. The van der Waals surface area contributed by atoms with Crippen molar-refractivity contribution in [3.8, 4) is 5.75 Å². The van der Waals surface area contributed by atoms with Crippen LogP contribution in [0.3, 0.4) is 0 Å². The van der Waals surface area contributed by atoms with Gasteiger partial charge in [-0.15, -0.1) is 0 Å². The molecule has 0 fully saturated rings. The lowest BCUT2D eigenvalue weighted by atomic mass is 10.1. The van der Waals surface area contributed by atoms with Crippen molar-refractivity contribution in [2.45, 2.75) is 19.8 Å². The van der Waals surface area contributed by atoms with Gasteiger partial charge in [-0.3, -0.25) is 0 Å². The minimum Gasteiger partial charge on any atom is -0.436 e. The summed E-state index contributed by atoms with van der Waals surface area (Å²) in [6.45, 7) is 2.15. The Bertz CT molecular complexity index is 281. The SMILES string of the molecule is CCCc1ccc(OC(=S)Cl)cc1. The first-order valence-corrected chi connectivity index (χ1v) is 4.97. The van der Waals surface area contributed by atoms with Gasteiger partial charge < -0.3 is 4.74 Å². The largest absolute Gasteiger partial charge is 0.436 e. The van der Waals surface area contributed by atoms with Gasteiger partial charge in [-0.25, -0.2) is 0 Å². The van der Waals surface area contributed by atoms with Crippen molar-refractivity contribution in [1.29, 1.82) is 0 Å². The van der Waals surface area contributed by atoms with E-state index in [1.165, 1.54) is 5.56 Å². The van der Waals surface area contributed by atoms with E-state index >= 15 is 0 Å². The summed E-state index contributed by atoms with van der Waals surface area (Å²) in [5, 5.41) is 0. The smallest absolute Gasteiger partial charge is 0.260 e. The molecule has 0 aliphatic rings. The minimum absolute atomic E-state index is 0.0308. The standard InChI is InChI=1S/C10H11ClOS/c1-2-3-8-4-6-9(7-5-8)12-10(11)13/h4-7H,2-3H2,1H3. The molecule has 0 aromatic heterocycles. The number of ether oxygens (including phenoxy) is 1. The molecule has 0 atom stereocenters. The van der Waals surface area contributed by atoms with Crippen molar-refractivity contribution in [3.05, 3.63) is 29.8 Å². The van der Waals surface area contributed by atoms with Gasteiger partial charge in [0.05, 0.1) is 0 Å². The number of halogens is 1. The van der Waals surface area contributed by atoms with E-state index in [1.807, 2.05) is 24.3 Å². The zero-order chi connectivity index (χ0) is 9.68. The summed E-state index contributed by atoms with van der Waals surface area (Å²) in [5.74, 6) is 0.694. The van der Waals surface area contributed by atoms with Crippen molar-refractivity contribution in [2.24, 2.45) is 0 Å². The van der Waals surface area contributed by atoms with Crippen LogP contribution in [0, 0.1) is 0 Å². The summed E-state index contributed by atoms with van der Waals surface area (Å²) in [4.78, 5) is 0. The molecule has 0 amide bonds. The number of benzene rings is 1. The fraction of sp³-hybridized carbons (Fsp3) is 0.300. The van der Waals surface area contributed by atoms with Gasteiger partial charge in [-0.05, 0) is 47.9 Å². The molecular weight excluding hydrogens is 204 g/mol. The third kappa shape index (κ3) is 3.75. The number of thiocarbonyl (C=S) groups is 1. The van der Waals surface area contributed by atoms with Crippen LogP contribution in [0.1, 0.15) is 18.9 Å². The van der Waals surface area contributed by atoms with Crippen LogP contribution in [-0.2, 0) is 6.42 Å². The van der Waals surface area contributed by atoms with Crippen LogP contribution in [0.2, 0.25) is 0 Å². The van der Waals surface area contributed by atoms with E-state index in [4.69, 9.17) is 16.3 Å². The third-order valence-electron chi connectivity index (χ3n) is 1.66. The first-order valence-electron chi connectivity index (χ1n) is 4.18. The van der Waals surface area contributed by atoms with Crippen molar-refractivity contribution < 1.29 is 4.74 Å². The van der Waals surface area contributed by atoms with E-state index in [0.717, 1.165) is 12.8 Å². The third-order valence-corrected chi connectivity index (χ3v) is 1.82. The maximum absolute atomic E-state index is 5.42. The first-order chi connectivity index (χ1) is 6.22. The molecular formula is C10H11ClOS. The number of hydrogen-bond donors (Lipinski definition) is 0. The van der Waals surface area contributed by atoms with Crippen LogP contribution < -0.4 is 4.74 Å². The molecule has 0 unspecified atom stereocenters. The molecule has 0 N–H and O–H groups in total. The van der Waals surface area contributed by atoms with Crippen molar-refractivity contribution in [3.63, 3.8) is 0 Å². The van der Waals surface area contributed by atoms with Gasteiger partial charge >= 0.3 is 0 Å². The molecule has 0 spiro atoms. The molecule has 0 saturated carbocycles. The highest BCUT2D eigenvalue weighted by molar-refractivity contribution is 7.82. The second-order valence-electron chi connectivity index (χ2n) is 2.73. The van der Waals surface area contributed by atoms with Gasteiger partial charge in [-0.2, -0.15) is 0 Å². The highest BCUT2D eigenvalue weighted by Gasteiger charge is 1.96. The molecule has 0 heterocycles. The summed E-state index contributed by atoms with van der Waals surface area (Å²) < 4.78 is 5.08. The Kier molecular flexibility index (Phi) is 4.19. The van der Waals surface area contributed by atoms with Gasteiger partial charge in [0.15, 0.2) is 0 Å². The quantitative estimate of drug-likeness (QED) is 0.562. The monoisotopic (exact) mass is 214 g/mol. The highest BCUT2D eigenvalue weighted by atomic mass is 35.5. The zero-order valence-corrected chi connectivity index (χ0v) is 8.99. The molecule has 0 bridgehead atoms. The fourth-order valence-electron chi connectivity index (χ4n) is 1.11. The van der Waals surface area contributed by atoms with E-state index in [0.29, 0.717) is 5.75 Å². The molecule has 0 radical (unpaired) electrons. The molecule has 0 aliphatic carbocycles. The van der Waals surface area contributed by atoms with E-state index < -0.39 is 0 Å². The van der Waals surface area contributed by atoms with E-state index in [9.17, 15) is 0 Å². The van der Waals surface area contributed by atoms with Crippen LogP contribution in [0.5, 0.6) is 5.75 Å². The molecule has 0 saturated heterocycles. The average Bonchev–Trinajstić information content (AvgIpc) is 2.08. The first kappa shape index (κ1) is 10.5. The Labute approximate surface area is 88.7 Å². The van der Waals surface area contributed by atoms with E-state index in [2.05, 4.69) is 19.1 Å². The summed E-state index contributed by atoms with van der Waals surface area (Å²) >= 11 is 10.0. The Hall–Kier alpha value is -0.600. The van der Waals surface area contributed by atoms with Gasteiger partial charge in [0, 0.05) is 0 Å². The summed E-state index contributed by atoms with van der Waals surface area (Å²) in [7, 11) is 0. The lowest BCUT2D eigenvalue weighted by Gasteiger charge is -2.02. The van der Waals surface area contributed by atoms with Crippen molar-refractivity contribution in [1.82, 2.24) is 0 Å². The predicted octanol–water partition coefficient (Wildman–Crippen LogP) is 3.54. The lowest BCUT2D eigenvalue weighted by Crippen LogP contribution is -1.95. The molecule has 1 nitrogen and oxygen atoms in total. The maximum Gasteiger partial charge on any atom is 0.260 e. The topological polar surface area (TPSA) is 9.23 Å². The second-order valence-corrected chi connectivity index (χ2v) is 3.67. The van der Waals surface area contributed by atoms with Crippen LogP contribution in [-0.4, -0.2) is 4.51 Å². The van der Waals surface area contributed by atoms with Crippen molar-refractivity contribution >= 4 is 28.3 Å². The Morgan fingerprint density at radius 3 is 2.46 bits per heavy atom. The number of hydrogen-bond acceptors (Lipinski definition) is 2. The molecule has 1 aromatic carbocycles.